The summed E-state index contributed by atoms with van der Waals surface area (Å²) in [4.78, 5) is 14.6. The molecule has 2 rings (SSSR count). The summed E-state index contributed by atoms with van der Waals surface area (Å²) in [5.41, 5.74) is 0. The van der Waals surface area contributed by atoms with Crippen LogP contribution in [0.1, 0.15) is 12.2 Å². The van der Waals surface area contributed by atoms with Crippen molar-refractivity contribution in [1.29, 1.82) is 0 Å². The quantitative estimate of drug-likeness (QED) is 0.776. The molecule has 2 heterocycles. The molecule has 0 aromatic carbocycles. The summed E-state index contributed by atoms with van der Waals surface area (Å²) in [5, 5.41) is 8.59. The maximum atomic E-state index is 12.3. The number of aromatic nitrogens is 2. The van der Waals surface area contributed by atoms with E-state index in [1.54, 1.807) is 6.20 Å². The minimum Gasteiger partial charge on any atom is -0.481 e. The number of hydrogen-bond acceptors (Lipinski definition) is 4. The Kier molecular flexibility index (Phi) is 3.88. The Morgan fingerprint density at radius 2 is 2.26 bits per heavy atom. The number of fused-ring (bicyclic) bond motifs is 1. The highest BCUT2D eigenvalue weighted by atomic mass is 32.2. The molecule has 0 saturated carbocycles. The van der Waals surface area contributed by atoms with Crippen molar-refractivity contribution in [3.63, 3.8) is 0 Å². The van der Waals surface area contributed by atoms with Crippen LogP contribution < -0.4 is 0 Å². The third-order valence-electron chi connectivity index (χ3n) is 3.07. The van der Waals surface area contributed by atoms with E-state index in [0.717, 1.165) is 4.31 Å². The predicted molar refractivity (Wildman–Crippen MR) is 66.4 cm³/mol. The van der Waals surface area contributed by atoms with E-state index < -0.39 is 16.2 Å². The van der Waals surface area contributed by atoms with Crippen molar-refractivity contribution < 1.29 is 18.3 Å². The normalized spacial score (nSPS) is 16.5. The number of nitrogens with zero attached hydrogens (tertiary/aromatic N) is 4. The molecule has 0 unspecified atom stereocenters. The zero-order valence-corrected chi connectivity index (χ0v) is 11.4. The van der Waals surface area contributed by atoms with Gasteiger partial charge in [-0.25, -0.2) is 4.98 Å². The summed E-state index contributed by atoms with van der Waals surface area (Å²) in [5.74, 6) is -0.322. The van der Waals surface area contributed by atoms with Gasteiger partial charge in [-0.1, -0.05) is 0 Å². The van der Waals surface area contributed by atoms with Crippen molar-refractivity contribution in [3.05, 3.63) is 18.2 Å². The summed E-state index contributed by atoms with van der Waals surface area (Å²) in [7, 11) is -2.24. The van der Waals surface area contributed by atoms with Gasteiger partial charge in [-0.15, -0.1) is 0 Å². The van der Waals surface area contributed by atoms with Gasteiger partial charge in [0, 0.05) is 39.1 Å². The van der Waals surface area contributed by atoms with Crippen LogP contribution in [0.15, 0.2) is 12.4 Å². The number of imidazole rings is 1. The number of carboxylic acids is 1. The number of carboxylic acid groups (broad SMARTS) is 1. The van der Waals surface area contributed by atoms with Crippen molar-refractivity contribution in [2.75, 3.05) is 20.1 Å². The van der Waals surface area contributed by atoms with Crippen LogP contribution in [0, 0.1) is 0 Å². The average Bonchev–Trinajstić information content (AvgIpc) is 2.82. The molecule has 19 heavy (non-hydrogen) atoms. The Balaban J connectivity index is 2.06. The van der Waals surface area contributed by atoms with Gasteiger partial charge in [0.25, 0.3) is 10.2 Å². The van der Waals surface area contributed by atoms with Crippen molar-refractivity contribution in [2.45, 2.75) is 19.5 Å². The molecule has 1 aromatic heterocycles. The molecule has 1 aromatic rings. The molecular formula is C10H16N4O4S. The lowest BCUT2D eigenvalue weighted by Crippen LogP contribution is -2.45. The second-order valence-corrected chi connectivity index (χ2v) is 6.38. The fourth-order valence-corrected chi connectivity index (χ4v) is 3.22. The highest BCUT2D eigenvalue weighted by Gasteiger charge is 2.30. The fourth-order valence-electron chi connectivity index (χ4n) is 1.91. The summed E-state index contributed by atoms with van der Waals surface area (Å²) in [6.07, 6.45) is 3.24. The zero-order valence-electron chi connectivity index (χ0n) is 10.6. The maximum Gasteiger partial charge on any atom is 0.304 e. The average molecular weight is 288 g/mol. The summed E-state index contributed by atoms with van der Waals surface area (Å²) in [6.45, 7) is 1.10. The molecular weight excluding hydrogens is 272 g/mol. The molecule has 1 aliphatic rings. The number of hydrogen-bond donors (Lipinski definition) is 1. The van der Waals surface area contributed by atoms with Crippen LogP contribution in [-0.4, -0.2) is 57.8 Å². The third kappa shape index (κ3) is 2.94. The zero-order chi connectivity index (χ0) is 14.0. The lowest BCUT2D eigenvalue weighted by atomic mass is 10.4. The van der Waals surface area contributed by atoms with Crippen LogP contribution in [0.5, 0.6) is 0 Å². The van der Waals surface area contributed by atoms with Crippen LogP contribution in [0.4, 0.5) is 0 Å². The van der Waals surface area contributed by atoms with Crippen molar-refractivity contribution in [2.24, 2.45) is 0 Å². The van der Waals surface area contributed by atoms with E-state index in [2.05, 4.69) is 4.98 Å². The highest BCUT2D eigenvalue weighted by molar-refractivity contribution is 7.86. The molecule has 0 atom stereocenters. The summed E-state index contributed by atoms with van der Waals surface area (Å²) < 4.78 is 28.8. The smallest absolute Gasteiger partial charge is 0.304 e. The molecule has 0 fully saturated rings. The summed E-state index contributed by atoms with van der Waals surface area (Å²) in [6, 6.07) is 0. The molecule has 0 saturated heterocycles. The lowest BCUT2D eigenvalue weighted by molar-refractivity contribution is -0.137. The summed E-state index contributed by atoms with van der Waals surface area (Å²) >= 11 is 0. The number of aliphatic carboxylic acids is 1. The van der Waals surface area contributed by atoms with Crippen molar-refractivity contribution in [1.82, 2.24) is 18.2 Å². The first-order valence-electron chi connectivity index (χ1n) is 5.84. The van der Waals surface area contributed by atoms with Crippen LogP contribution in [-0.2, 0) is 28.1 Å². The van der Waals surface area contributed by atoms with E-state index in [9.17, 15) is 13.2 Å². The van der Waals surface area contributed by atoms with Gasteiger partial charge in [-0.05, 0) is 0 Å². The Morgan fingerprint density at radius 3 is 2.95 bits per heavy atom. The molecule has 106 valence electrons. The molecule has 1 aliphatic heterocycles. The Bertz CT molecular complexity index is 568. The SMILES string of the molecule is CN(CCC(=O)O)S(=O)(=O)N1CCn2ccnc2C1. The first kappa shape index (κ1) is 14.0. The Morgan fingerprint density at radius 1 is 1.53 bits per heavy atom. The molecule has 0 amide bonds. The maximum absolute atomic E-state index is 12.3. The van der Waals surface area contributed by atoms with Gasteiger partial charge in [-0.2, -0.15) is 17.0 Å². The minimum absolute atomic E-state index is 0.0391. The second-order valence-electron chi connectivity index (χ2n) is 4.34. The van der Waals surface area contributed by atoms with Gasteiger partial charge in [0.1, 0.15) is 5.82 Å². The fraction of sp³-hybridized carbons (Fsp3) is 0.600. The number of carbonyl (C=O) groups is 1. The van der Waals surface area contributed by atoms with Crippen LogP contribution in [0.25, 0.3) is 0 Å². The van der Waals surface area contributed by atoms with Gasteiger partial charge in [0.05, 0.1) is 13.0 Å². The van der Waals surface area contributed by atoms with Gasteiger partial charge in [0.2, 0.25) is 0 Å². The molecule has 9 heteroatoms. The first-order valence-corrected chi connectivity index (χ1v) is 7.24. The highest BCUT2D eigenvalue weighted by Crippen LogP contribution is 2.16. The van der Waals surface area contributed by atoms with Crippen LogP contribution in [0.2, 0.25) is 0 Å². The first-order chi connectivity index (χ1) is 8.91. The standard InChI is InChI=1S/C10H16N4O4S/c1-12(4-2-10(15)16)19(17,18)14-7-6-13-5-3-11-9(13)8-14/h3,5H,2,4,6-8H2,1H3,(H,15,16). The monoisotopic (exact) mass is 288 g/mol. The molecule has 1 N–H and O–H groups in total. The van der Waals surface area contributed by atoms with E-state index in [-0.39, 0.29) is 19.5 Å². The molecule has 0 spiro atoms. The van der Waals surface area contributed by atoms with Crippen molar-refractivity contribution in [3.8, 4) is 0 Å². The Labute approximate surface area is 111 Å². The lowest BCUT2D eigenvalue weighted by Gasteiger charge is -2.30. The third-order valence-corrected chi connectivity index (χ3v) is 5.01. The second kappa shape index (κ2) is 5.27. The van der Waals surface area contributed by atoms with Gasteiger partial charge < -0.3 is 9.67 Å². The van der Waals surface area contributed by atoms with E-state index in [0.29, 0.717) is 18.9 Å². The van der Waals surface area contributed by atoms with Crippen molar-refractivity contribution >= 4 is 16.2 Å². The van der Waals surface area contributed by atoms with E-state index in [1.807, 2.05) is 10.8 Å². The van der Waals surface area contributed by atoms with E-state index in [1.165, 1.54) is 11.4 Å². The van der Waals surface area contributed by atoms with Crippen LogP contribution >= 0.6 is 0 Å². The molecule has 0 aliphatic carbocycles. The number of rotatable bonds is 5. The molecule has 0 radical (unpaired) electrons. The molecule has 0 bridgehead atoms. The predicted octanol–water partition coefficient (Wildman–Crippen LogP) is -0.650. The van der Waals surface area contributed by atoms with E-state index >= 15 is 0 Å². The molecule has 8 nitrogen and oxygen atoms in total. The Hall–Kier alpha value is -1.45. The van der Waals surface area contributed by atoms with E-state index in [4.69, 9.17) is 5.11 Å². The van der Waals surface area contributed by atoms with Gasteiger partial charge in [0.15, 0.2) is 0 Å². The topological polar surface area (TPSA) is 95.7 Å². The van der Waals surface area contributed by atoms with Crippen LogP contribution in [0.3, 0.4) is 0 Å². The largest absolute Gasteiger partial charge is 0.481 e. The van der Waals surface area contributed by atoms with Gasteiger partial charge >= 0.3 is 5.97 Å². The van der Waals surface area contributed by atoms with Gasteiger partial charge in [-0.3, -0.25) is 4.79 Å². The minimum atomic E-state index is -3.63.